The van der Waals surface area contributed by atoms with E-state index in [0.29, 0.717) is 52.5 Å². The molecule has 1 fully saturated rings. The number of pyridine rings is 1. The number of H-pyrrole nitrogens is 1. The molecule has 2 amide bonds. The third kappa shape index (κ3) is 3.63. The topological polar surface area (TPSA) is 113 Å². The lowest BCUT2D eigenvalue weighted by Gasteiger charge is -2.16. The van der Waals surface area contributed by atoms with Crippen molar-refractivity contribution in [2.45, 2.75) is 12.5 Å². The molecule has 1 aliphatic rings. The molecule has 0 saturated carbocycles. The van der Waals surface area contributed by atoms with E-state index < -0.39 is 11.7 Å². The Morgan fingerprint density at radius 2 is 2.06 bits per heavy atom. The second kappa shape index (κ2) is 8.42. The number of aromatic amines is 1. The first kappa shape index (κ1) is 21.8. The third-order valence-corrected chi connectivity index (χ3v) is 6.40. The number of rotatable bonds is 5. The molecule has 174 valence electrons. The molecule has 1 atom stereocenters. The number of methoxy groups -OCH3 is 1. The quantitative estimate of drug-likeness (QED) is 0.423. The largest absolute Gasteiger partial charge is 0.494 e. The number of nitrogens with zero attached hydrogens (tertiary/aromatic N) is 2. The van der Waals surface area contributed by atoms with Crippen molar-refractivity contribution in [3.8, 4) is 17.0 Å². The van der Waals surface area contributed by atoms with E-state index in [2.05, 4.69) is 10.3 Å². The molecule has 1 unspecified atom stereocenters. The summed E-state index contributed by atoms with van der Waals surface area (Å²) in [5.74, 6) is -1.10. The summed E-state index contributed by atoms with van der Waals surface area (Å²) in [5.41, 5.74) is 8.99. The van der Waals surface area contributed by atoms with Gasteiger partial charge in [-0.15, -0.1) is 0 Å². The summed E-state index contributed by atoms with van der Waals surface area (Å²) >= 11 is 0. The molecule has 0 spiro atoms. The highest BCUT2D eigenvalue weighted by Gasteiger charge is 2.26. The summed E-state index contributed by atoms with van der Waals surface area (Å²) in [6, 6.07) is 11.6. The van der Waals surface area contributed by atoms with Crippen molar-refractivity contribution >= 4 is 33.8 Å². The van der Waals surface area contributed by atoms with Gasteiger partial charge in [0.15, 0.2) is 11.6 Å². The van der Waals surface area contributed by atoms with E-state index >= 15 is 0 Å². The summed E-state index contributed by atoms with van der Waals surface area (Å²) in [4.78, 5) is 35.0. The van der Waals surface area contributed by atoms with Gasteiger partial charge >= 0.3 is 0 Å². The average molecular weight is 461 g/mol. The zero-order valence-corrected chi connectivity index (χ0v) is 18.8. The van der Waals surface area contributed by atoms with Crippen LogP contribution in [0, 0.1) is 5.82 Å². The van der Waals surface area contributed by atoms with Crippen molar-refractivity contribution in [3.05, 3.63) is 59.4 Å². The minimum Gasteiger partial charge on any atom is -0.494 e. The number of aromatic nitrogens is 2. The van der Waals surface area contributed by atoms with E-state index in [1.165, 1.54) is 25.3 Å². The maximum Gasteiger partial charge on any atom is 0.253 e. The van der Waals surface area contributed by atoms with Gasteiger partial charge in [0.25, 0.3) is 11.8 Å². The molecule has 5 rings (SSSR count). The van der Waals surface area contributed by atoms with Crippen molar-refractivity contribution in [1.82, 2.24) is 20.2 Å². The van der Waals surface area contributed by atoms with E-state index in [-0.39, 0.29) is 17.2 Å². The number of amides is 2. The Hall–Kier alpha value is -3.98. The molecule has 0 radical (unpaired) electrons. The van der Waals surface area contributed by atoms with Gasteiger partial charge in [0.05, 0.1) is 29.4 Å². The summed E-state index contributed by atoms with van der Waals surface area (Å²) in [6.45, 7) is 1.36. The van der Waals surface area contributed by atoms with Crippen LogP contribution in [0.3, 0.4) is 0 Å². The minimum atomic E-state index is -0.638. The van der Waals surface area contributed by atoms with Crippen molar-refractivity contribution in [2.24, 2.45) is 5.73 Å². The number of nitrogens with one attached hydrogen (secondary N) is 2. The lowest BCUT2D eigenvalue weighted by molar-refractivity contribution is 0.0789. The first-order chi connectivity index (χ1) is 16.4. The van der Waals surface area contributed by atoms with E-state index in [1.807, 2.05) is 18.0 Å². The second-order valence-electron chi connectivity index (χ2n) is 8.40. The molecule has 1 aliphatic heterocycles. The fourth-order valence-corrected chi connectivity index (χ4v) is 4.52. The molecule has 0 bridgehead atoms. The lowest BCUT2D eigenvalue weighted by atomic mass is 10.1. The van der Waals surface area contributed by atoms with Crippen molar-refractivity contribution in [2.75, 3.05) is 27.2 Å². The zero-order chi connectivity index (χ0) is 24.0. The zero-order valence-electron chi connectivity index (χ0n) is 18.8. The molecule has 0 aliphatic carbocycles. The number of nitrogens with two attached hydrogens (primary N) is 1. The Morgan fingerprint density at radius 3 is 2.74 bits per heavy atom. The Labute approximate surface area is 194 Å². The highest BCUT2D eigenvalue weighted by Crippen LogP contribution is 2.32. The average Bonchev–Trinajstić information content (AvgIpc) is 3.47. The lowest BCUT2D eigenvalue weighted by Crippen LogP contribution is -2.33. The van der Waals surface area contributed by atoms with Gasteiger partial charge in [-0.1, -0.05) is 0 Å². The van der Waals surface area contributed by atoms with Crippen LogP contribution in [0.25, 0.3) is 33.2 Å². The summed E-state index contributed by atoms with van der Waals surface area (Å²) < 4.78 is 19.3. The number of likely N-dealkylation sites (tertiary alicyclic amines) is 1. The number of benzene rings is 2. The van der Waals surface area contributed by atoms with Crippen molar-refractivity contribution < 1.29 is 18.7 Å². The molecule has 4 N–H and O–H groups in total. The van der Waals surface area contributed by atoms with Crippen molar-refractivity contribution in [3.63, 3.8) is 0 Å². The molecule has 1 saturated heterocycles. The van der Waals surface area contributed by atoms with Gasteiger partial charge < -0.3 is 25.7 Å². The number of fused-ring (bicyclic) bond motifs is 3. The number of halogens is 1. The van der Waals surface area contributed by atoms with Gasteiger partial charge in [0.1, 0.15) is 0 Å². The maximum absolute atomic E-state index is 14.3. The number of likely N-dealkylation sites (N-methyl/N-ethyl adjacent to an activating group) is 1. The van der Waals surface area contributed by atoms with Crippen LogP contribution in [0.4, 0.5) is 4.39 Å². The van der Waals surface area contributed by atoms with Gasteiger partial charge in [0, 0.05) is 41.2 Å². The van der Waals surface area contributed by atoms with Gasteiger partial charge in [-0.2, -0.15) is 0 Å². The van der Waals surface area contributed by atoms with E-state index in [9.17, 15) is 14.0 Å². The Morgan fingerprint density at radius 1 is 1.24 bits per heavy atom. The van der Waals surface area contributed by atoms with Crippen LogP contribution in [0.1, 0.15) is 27.1 Å². The van der Waals surface area contributed by atoms with Crippen LogP contribution in [-0.2, 0) is 0 Å². The third-order valence-electron chi connectivity index (χ3n) is 6.40. The number of ether oxygens (including phenoxy) is 1. The smallest absolute Gasteiger partial charge is 0.253 e. The Kier molecular flexibility index (Phi) is 5.41. The second-order valence-corrected chi connectivity index (χ2v) is 8.40. The minimum absolute atomic E-state index is 0.0456. The van der Waals surface area contributed by atoms with Crippen LogP contribution >= 0.6 is 0 Å². The first-order valence-corrected chi connectivity index (χ1v) is 11.0. The van der Waals surface area contributed by atoms with Crippen LogP contribution < -0.4 is 15.8 Å². The van der Waals surface area contributed by atoms with Crippen LogP contribution in [-0.4, -0.2) is 60.0 Å². The number of carbonyl (C=O) groups is 2. The fraction of sp³-hybridized carbons (Fsp3) is 0.240. The molecule has 2 aromatic carbocycles. The van der Waals surface area contributed by atoms with Gasteiger partial charge in [-0.05, 0) is 55.9 Å². The molecule has 34 heavy (non-hydrogen) atoms. The summed E-state index contributed by atoms with van der Waals surface area (Å²) in [6.07, 6.45) is 0.914. The predicted octanol–water partition coefficient (Wildman–Crippen LogP) is 3.06. The normalized spacial score (nSPS) is 15.9. The molecule has 4 aromatic rings. The van der Waals surface area contributed by atoms with Crippen LogP contribution in [0.15, 0.2) is 42.5 Å². The molecule has 3 heterocycles. The molecule has 9 heteroatoms. The first-order valence-electron chi connectivity index (χ1n) is 11.0. The standard InChI is InChI=1S/C25H24FN5O3/c1-28-15-7-8-31(12-15)25(33)14-3-5-16-20(10-14)30-23-17(24(27)32)11-19(29-22(16)23)13-4-6-21(34-2)18(26)9-13/h3-6,9-11,15,28,30H,7-8,12H2,1-2H3,(H2,27,32). The number of hydrogen-bond donors (Lipinski definition) is 3. The highest BCUT2D eigenvalue weighted by atomic mass is 19.1. The van der Waals surface area contributed by atoms with Crippen molar-refractivity contribution in [1.29, 1.82) is 0 Å². The molecule has 2 aromatic heterocycles. The SMILES string of the molecule is CNC1CCN(C(=O)c2ccc3c(c2)[nH]c2c(C(N)=O)cc(-c4ccc(OC)c(F)c4)nc23)C1. The molecular weight excluding hydrogens is 437 g/mol. The van der Waals surface area contributed by atoms with Gasteiger partial charge in [-0.25, -0.2) is 9.37 Å². The van der Waals surface area contributed by atoms with E-state index in [4.69, 9.17) is 15.5 Å². The molecule has 8 nitrogen and oxygen atoms in total. The van der Waals surface area contributed by atoms with Crippen LogP contribution in [0.5, 0.6) is 5.75 Å². The van der Waals surface area contributed by atoms with Crippen LogP contribution in [0.2, 0.25) is 0 Å². The molecular formula is C25H24FN5O3. The Balaban J connectivity index is 1.61. The monoisotopic (exact) mass is 461 g/mol. The number of carbonyl (C=O) groups excluding carboxylic acids is 2. The summed E-state index contributed by atoms with van der Waals surface area (Å²) in [5, 5.41) is 3.95. The number of hydrogen-bond acceptors (Lipinski definition) is 5. The van der Waals surface area contributed by atoms with Gasteiger partial charge in [0.2, 0.25) is 0 Å². The predicted molar refractivity (Wildman–Crippen MR) is 127 cm³/mol. The van der Waals surface area contributed by atoms with E-state index in [0.717, 1.165) is 11.8 Å². The highest BCUT2D eigenvalue weighted by molar-refractivity contribution is 6.14. The summed E-state index contributed by atoms with van der Waals surface area (Å²) in [7, 11) is 3.29. The van der Waals surface area contributed by atoms with Gasteiger partial charge in [-0.3, -0.25) is 9.59 Å². The maximum atomic E-state index is 14.3. The Bertz CT molecular complexity index is 1450. The van der Waals surface area contributed by atoms with E-state index in [1.54, 1.807) is 18.2 Å². The number of primary amides is 1. The fourth-order valence-electron chi connectivity index (χ4n) is 4.52.